The molecule has 0 aromatic heterocycles. The molecule has 0 aliphatic heterocycles. The summed E-state index contributed by atoms with van der Waals surface area (Å²) < 4.78 is 13.2. The minimum absolute atomic E-state index is 0.00463. The van der Waals surface area contributed by atoms with Gasteiger partial charge in [0.15, 0.2) is 5.82 Å². The van der Waals surface area contributed by atoms with Crippen molar-refractivity contribution in [1.29, 1.82) is 0 Å². The van der Waals surface area contributed by atoms with Crippen LogP contribution in [0.15, 0.2) is 18.2 Å². The molecule has 4 heteroatoms. The van der Waals surface area contributed by atoms with Crippen LogP contribution < -0.4 is 5.73 Å². The summed E-state index contributed by atoms with van der Waals surface area (Å²) in [7, 11) is 3.12. The van der Waals surface area contributed by atoms with Crippen molar-refractivity contribution in [3.05, 3.63) is 29.6 Å². The number of anilines is 1. The molecular weight excluding hydrogens is 171 g/mol. The molecular formula is C9H11FN2O. The van der Waals surface area contributed by atoms with E-state index < -0.39 is 5.82 Å². The standard InChI is InChI=1S/C9H11FN2O/c1-12(2)9(13)6-4-3-5-7(11)8(6)10/h3-5H,11H2,1-2H3. The lowest BCUT2D eigenvalue weighted by atomic mass is 10.1. The molecule has 1 rings (SSSR count). The van der Waals surface area contributed by atoms with E-state index in [4.69, 9.17) is 5.73 Å². The molecule has 0 fully saturated rings. The summed E-state index contributed by atoms with van der Waals surface area (Å²) in [6, 6.07) is 4.38. The van der Waals surface area contributed by atoms with Crippen LogP contribution in [0.1, 0.15) is 10.4 Å². The van der Waals surface area contributed by atoms with Crippen molar-refractivity contribution in [2.75, 3.05) is 19.8 Å². The SMILES string of the molecule is CN(C)C(=O)c1cccc(N)c1F. The molecule has 0 heterocycles. The molecule has 70 valence electrons. The zero-order valence-electron chi connectivity index (χ0n) is 7.54. The Labute approximate surface area is 76.0 Å². The average Bonchev–Trinajstić information content (AvgIpc) is 2.08. The van der Waals surface area contributed by atoms with Gasteiger partial charge in [-0.2, -0.15) is 0 Å². The Morgan fingerprint density at radius 2 is 2.08 bits per heavy atom. The molecule has 0 bridgehead atoms. The summed E-state index contributed by atoms with van der Waals surface area (Å²) in [6.45, 7) is 0. The van der Waals surface area contributed by atoms with Crippen molar-refractivity contribution in [3.63, 3.8) is 0 Å². The number of nitrogen functional groups attached to an aromatic ring is 1. The quantitative estimate of drug-likeness (QED) is 0.661. The smallest absolute Gasteiger partial charge is 0.256 e. The first-order valence-electron chi connectivity index (χ1n) is 3.79. The topological polar surface area (TPSA) is 46.3 Å². The van der Waals surface area contributed by atoms with E-state index in [9.17, 15) is 9.18 Å². The van der Waals surface area contributed by atoms with Crippen molar-refractivity contribution in [2.45, 2.75) is 0 Å². The molecule has 0 spiro atoms. The van der Waals surface area contributed by atoms with Crippen molar-refractivity contribution in [2.24, 2.45) is 0 Å². The summed E-state index contributed by atoms with van der Waals surface area (Å²) in [5.41, 5.74) is 5.31. The molecule has 0 radical (unpaired) electrons. The first kappa shape index (κ1) is 9.51. The van der Waals surface area contributed by atoms with Crippen LogP contribution in [0.2, 0.25) is 0 Å². The summed E-state index contributed by atoms with van der Waals surface area (Å²) in [5.74, 6) is -1.04. The molecule has 1 aromatic carbocycles. The van der Waals surface area contributed by atoms with Crippen LogP contribution in [0.5, 0.6) is 0 Å². The Hall–Kier alpha value is -1.58. The fraction of sp³-hybridized carbons (Fsp3) is 0.222. The number of carbonyl (C=O) groups excluding carboxylic acids is 1. The van der Waals surface area contributed by atoms with Gasteiger partial charge in [-0.05, 0) is 12.1 Å². The van der Waals surface area contributed by atoms with Gasteiger partial charge in [0.05, 0.1) is 11.3 Å². The number of amides is 1. The number of hydrogen-bond donors (Lipinski definition) is 1. The highest BCUT2D eigenvalue weighted by atomic mass is 19.1. The number of nitrogens with zero attached hydrogens (tertiary/aromatic N) is 1. The van der Waals surface area contributed by atoms with E-state index in [1.54, 1.807) is 20.2 Å². The average molecular weight is 182 g/mol. The lowest BCUT2D eigenvalue weighted by Crippen LogP contribution is -2.23. The van der Waals surface area contributed by atoms with Crippen molar-refractivity contribution in [1.82, 2.24) is 4.90 Å². The summed E-state index contributed by atoms with van der Waals surface area (Å²) in [6.07, 6.45) is 0. The van der Waals surface area contributed by atoms with E-state index in [1.807, 2.05) is 0 Å². The normalized spacial score (nSPS) is 9.77. The van der Waals surface area contributed by atoms with Gasteiger partial charge >= 0.3 is 0 Å². The molecule has 0 aliphatic carbocycles. The van der Waals surface area contributed by atoms with E-state index in [2.05, 4.69) is 0 Å². The molecule has 13 heavy (non-hydrogen) atoms. The third-order valence-corrected chi connectivity index (χ3v) is 1.67. The second kappa shape index (κ2) is 3.43. The number of nitrogens with two attached hydrogens (primary N) is 1. The van der Waals surface area contributed by atoms with Gasteiger partial charge in [0.25, 0.3) is 5.91 Å². The predicted octanol–water partition coefficient (Wildman–Crippen LogP) is 1.11. The first-order chi connectivity index (χ1) is 6.04. The molecule has 3 nitrogen and oxygen atoms in total. The zero-order chi connectivity index (χ0) is 10.0. The first-order valence-corrected chi connectivity index (χ1v) is 3.79. The summed E-state index contributed by atoms with van der Waals surface area (Å²) >= 11 is 0. The number of carbonyl (C=O) groups is 1. The zero-order valence-corrected chi connectivity index (χ0v) is 7.54. The molecule has 0 saturated heterocycles. The predicted molar refractivity (Wildman–Crippen MR) is 48.8 cm³/mol. The summed E-state index contributed by atoms with van der Waals surface area (Å²) in [5, 5.41) is 0. The molecule has 0 saturated carbocycles. The second-order valence-electron chi connectivity index (χ2n) is 2.91. The van der Waals surface area contributed by atoms with Gasteiger partial charge in [-0.3, -0.25) is 4.79 Å². The van der Waals surface area contributed by atoms with Crippen LogP contribution in [0.25, 0.3) is 0 Å². The van der Waals surface area contributed by atoms with Crippen LogP contribution >= 0.6 is 0 Å². The second-order valence-corrected chi connectivity index (χ2v) is 2.91. The van der Waals surface area contributed by atoms with Crippen LogP contribution in [0, 0.1) is 5.82 Å². The van der Waals surface area contributed by atoms with Crippen LogP contribution in [0.4, 0.5) is 10.1 Å². The van der Waals surface area contributed by atoms with E-state index in [0.29, 0.717) is 0 Å². The number of rotatable bonds is 1. The molecule has 0 atom stereocenters. The van der Waals surface area contributed by atoms with Gasteiger partial charge in [-0.15, -0.1) is 0 Å². The highest BCUT2D eigenvalue weighted by molar-refractivity contribution is 5.95. The maximum atomic E-state index is 13.2. The van der Waals surface area contributed by atoms with Gasteiger partial charge in [0.2, 0.25) is 0 Å². The molecule has 0 aliphatic rings. The van der Waals surface area contributed by atoms with E-state index in [1.165, 1.54) is 17.0 Å². The Morgan fingerprint density at radius 1 is 1.46 bits per heavy atom. The Kier molecular flexibility index (Phi) is 2.51. The number of halogens is 1. The minimum atomic E-state index is -0.652. The molecule has 0 unspecified atom stereocenters. The third-order valence-electron chi connectivity index (χ3n) is 1.67. The van der Waals surface area contributed by atoms with E-state index >= 15 is 0 Å². The largest absolute Gasteiger partial charge is 0.396 e. The third kappa shape index (κ3) is 1.77. The number of benzene rings is 1. The highest BCUT2D eigenvalue weighted by Gasteiger charge is 2.14. The van der Waals surface area contributed by atoms with E-state index in [0.717, 1.165) is 0 Å². The Bertz CT molecular complexity index is 336. The maximum absolute atomic E-state index is 13.2. The van der Waals surface area contributed by atoms with Gasteiger partial charge in [-0.25, -0.2) is 4.39 Å². The summed E-state index contributed by atoms with van der Waals surface area (Å²) in [4.78, 5) is 12.7. The van der Waals surface area contributed by atoms with Gasteiger partial charge in [0.1, 0.15) is 0 Å². The van der Waals surface area contributed by atoms with Crippen LogP contribution in [-0.2, 0) is 0 Å². The fourth-order valence-electron chi connectivity index (χ4n) is 0.956. The van der Waals surface area contributed by atoms with Crippen LogP contribution in [0.3, 0.4) is 0 Å². The van der Waals surface area contributed by atoms with Gasteiger partial charge < -0.3 is 10.6 Å². The van der Waals surface area contributed by atoms with Gasteiger partial charge in [-0.1, -0.05) is 6.07 Å². The molecule has 1 aromatic rings. The molecule has 1 amide bonds. The Morgan fingerprint density at radius 3 is 2.62 bits per heavy atom. The van der Waals surface area contributed by atoms with Crippen molar-refractivity contribution < 1.29 is 9.18 Å². The Balaban J connectivity index is 3.15. The minimum Gasteiger partial charge on any atom is -0.396 e. The number of hydrogen-bond acceptors (Lipinski definition) is 2. The lowest BCUT2D eigenvalue weighted by Gasteiger charge is -2.11. The fourth-order valence-corrected chi connectivity index (χ4v) is 0.956. The van der Waals surface area contributed by atoms with Gasteiger partial charge in [0, 0.05) is 14.1 Å². The lowest BCUT2D eigenvalue weighted by molar-refractivity contribution is 0.0823. The van der Waals surface area contributed by atoms with Crippen LogP contribution in [-0.4, -0.2) is 24.9 Å². The van der Waals surface area contributed by atoms with Crippen molar-refractivity contribution in [3.8, 4) is 0 Å². The highest BCUT2D eigenvalue weighted by Crippen LogP contribution is 2.15. The maximum Gasteiger partial charge on any atom is 0.256 e. The van der Waals surface area contributed by atoms with E-state index in [-0.39, 0.29) is 17.2 Å². The molecule has 2 N–H and O–H groups in total. The van der Waals surface area contributed by atoms with Crippen molar-refractivity contribution >= 4 is 11.6 Å². The monoisotopic (exact) mass is 182 g/mol.